The van der Waals surface area contributed by atoms with Gasteiger partial charge in [0.05, 0.1) is 6.54 Å². The zero-order valence-corrected chi connectivity index (χ0v) is 14.8. The molecule has 22 heavy (non-hydrogen) atoms. The van der Waals surface area contributed by atoms with E-state index in [0.29, 0.717) is 5.22 Å². The van der Waals surface area contributed by atoms with Gasteiger partial charge < -0.3 is 22.6 Å². The van der Waals surface area contributed by atoms with E-state index < -0.39 is 0 Å². The molecule has 0 amide bonds. The second-order valence-electron chi connectivity index (χ2n) is 5.34. The highest BCUT2D eigenvalue weighted by Crippen LogP contribution is 2.24. The summed E-state index contributed by atoms with van der Waals surface area (Å²) < 4.78 is 5.68. The smallest absolute Gasteiger partial charge is 0.276 e. The van der Waals surface area contributed by atoms with Gasteiger partial charge in [0.1, 0.15) is 0 Å². The summed E-state index contributed by atoms with van der Waals surface area (Å²) >= 11 is 1.61. The van der Waals surface area contributed by atoms with E-state index in [1.807, 2.05) is 0 Å². The number of rotatable bonds is 8. The number of halogens is 1. The maximum absolute atomic E-state index is 5.68. The molecule has 2 rings (SSSR count). The molecular formula is C16H24ClN3OS. The van der Waals surface area contributed by atoms with Crippen LogP contribution in [0.2, 0.25) is 0 Å². The van der Waals surface area contributed by atoms with E-state index in [1.165, 1.54) is 29.5 Å². The maximum atomic E-state index is 5.68. The van der Waals surface area contributed by atoms with Crippen LogP contribution in [0.1, 0.15) is 41.8 Å². The number of hydrogen-bond acceptors (Lipinski definition) is 4. The Kier molecular flexibility index (Phi) is 8.53. The summed E-state index contributed by atoms with van der Waals surface area (Å²) in [5.41, 5.74) is 7.77. The van der Waals surface area contributed by atoms with Gasteiger partial charge in [0.15, 0.2) is 0 Å². The van der Waals surface area contributed by atoms with Crippen LogP contribution in [0.3, 0.4) is 0 Å². The lowest BCUT2D eigenvalue weighted by atomic mass is 10.1. The Hall–Kier alpha value is -1.04. The molecule has 4 nitrogen and oxygen atoms in total. The molecule has 0 atom stereocenters. The van der Waals surface area contributed by atoms with Crippen molar-refractivity contribution in [1.82, 2.24) is 10.2 Å². The van der Waals surface area contributed by atoms with Crippen molar-refractivity contribution in [1.29, 1.82) is 0 Å². The Morgan fingerprint density at radius 3 is 2.73 bits per heavy atom. The Bertz CT molecular complexity index is 574. The van der Waals surface area contributed by atoms with Crippen LogP contribution < -0.4 is 18.1 Å². The highest BCUT2D eigenvalue weighted by atomic mass is 35.5. The van der Waals surface area contributed by atoms with Crippen molar-refractivity contribution in [2.24, 2.45) is 0 Å². The number of aryl methyl sites for hydroxylation is 3. The number of unbranched alkanes of at least 4 members (excludes halogenated alkanes) is 2. The molecule has 0 radical (unpaired) electrons. The highest BCUT2D eigenvalue weighted by molar-refractivity contribution is 7.98. The first kappa shape index (κ1) is 19.0. The summed E-state index contributed by atoms with van der Waals surface area (Å²) in [5.74, 6) is 1.62. The van der Waals surface area contributed by atoms with Crippen molar-refractivity contribution in [3.63, 3.8) is 0 Å². The van der Waals surface area contributed by atoms with Gasteiger partial charge in [0.25, 0.3) is 5.22 Å². The molecule has 0 aliphatic heterocycles. The second kappa shape index (κ2) is 9.87. The highest BCUT2D eigenvalue weighted by Gasteiger charge is 2.08. The summed E-state index contributed by atoms with van der Waals surface area (Å²) in [4.78, 5) is 0. The van der Waals surface area contributed by atoms with Gasteiger partial charge in [-0.25, -0.2) is 0 Å². The quantitative estimate of drug-likeness (QED) is 0.539. The molecule has 6 heteroatoms. The minimum absolute atomic E-state index is 0. The lowest BCUT2D eigenvalue weighted by Gasteiger charge is -2.04. The molecule has 0 saturated heterocycles. The van der Waals surface area contributed by atoms with Crippen molar-refractivity contribution in [2.45, 2.75) is 50.5 Å². The predicted octanol–water partition coefficient (Wildman–Crippen LogP) is -0.0626. The molecule has 0 bridgehead atoms. The molecular weight excluding hydrogens is 318 g/mol. The first-order valence-electron chi connectivity index (χ1n) is 7.49. The third kappa shape index (κ3) is 5.99. The zero-order chi connectivity index (χ0) is 15.1. The topological polar surface area (TPSA) is 66.6 Å². The summed E-state index contributed by atoms with van der Waals surface area (Å²) in [6, 6.07) is 6.52. The molecule has 1 aromatic carbocycles. The van der Waals surface area contributed by atoms with Crippen molar-refractivity contribution >= 4 is 11.8 Å². The first-order chi connectivity index (χ1) is 10.2. The lowest BCUT2D eigenvalue weighted by Crippen LogP contribution is -3.00. The van der Waals surface area contributed by atoms with Gasteiger partial charge in [-0.3, -0.25) is 0 Å². The minimum Gasteiger partial charge on any atom is -1.00 e. The molecule has 2 aromatic rings. The SMILES string of the molecule is Cc1ccc(C)c(CSc2nnc(CCCCC[NH3+])o2)c1.[Cl-]. The van der Waals surface area contributed by atoms with Crippen LogP contribution in [0.5, 0.6) is 0 Å². The molecule has 0 aliphatic rings. The fourth-order valence-corrected chi connectivity index (χ4v) is 2.97. The second-order valence-corrected chi connectivity index (χ2v) is 6.27. The molecule has 3 N–H and O–H groups in total. The van der Waals surface area contributed by atoms with E-state index >= 15 is 0 Å². The maximum Gasteiger partial charge on any atom is 0.276 e. The summed E-state index contributed by atoms with van der Waals surface area (Å²) in [7, 11) is 0. The molecule has 122 valence electrons. The molecule has 0 fully saturated rings. The summed E-state index contributed by atoms with van der Waals surface area (Å²) in [6.07, 6.45) is 4.31. The number of benzene rings is 1. The van der Waals surface area contributed by atoms with Crippen molar-refractivity contribution < 1.29 is 22.6 Å². The fraction of sp³-hybridized carbons (Fsp3) is 0.500. The molecule has 0 unspecified atom stereocenters. The zero-order valence-electron chi connectivity index (χ0n) is 13.3. The van der Waals surface area contributed by atoms with E-state index in [9.17, 15) is 0 Å². The Balaban J connectivity index is 0.00000242. The van der Waals surface area contributed by atoms with Crippen LogP contribution in [-0.2, 0) is 12.2 Å². The van der Waals surface area contributed by atoms with Gasteiger partial charge in [-0.1, -0.05) is 35.5 Å². The van der Waals surface area contributed by atoms with Crippen LogP contribution in [0.4, 0.5) is 0 Å². The van der Waals surface area contributed by atoms with E-state index in [4.69, 9.17) is 4.42 Å². The van der Waals surface area contributed by atoms with Gasteiger partial charge in [-0.2, -0.15) is 0 Å². The number of quaternary nitrogens is 1. The van der Waals surface area contributed by atoms with Crippen LogP contribution in [-0.4, -0.2) is 16.7 Å². The standard InChI is InChI=1S/C16H23N3OS.ClH/c1-12-7-8-13(2)14(10-12)11-21-16-19-18-15(20-16)6-4-3-5-9-17;/h7-8,10H,3-6,9,11,17H2,1-2H3;1H. The number of hydrogen-bond donors (Lipinski definition) is 1. The Morgan fingerprint density at radius 1 is 1.14 bits per heavy atom. The largest absolute Gasteiger partial charge is 1.00 e. The van der Waals surface area contributed by atoms with Gasteiger partial charge in [0.2, 0.25) is 5.89 Å². The normalized spacial score (nSPS) is 10.5. The number of nitrogens with zero attached hydrogens (tertiary/aromatic N) is 2. The van der Waals surface area contributed by atoms with Crippen LogP contribution in [0, 0.1) is 13.8 Å². The molecule has 1 aromatic heterocycles. The van der Waals surface area contributed by atoms with E-state index in [2.05, 4.69) is 48.0 Å². The monoisotopic (exact) mass is 341 g/mol. The van der Waals surface area contributed by atoms with Crippen LogP contribution in [0.25, 0.3) is 0 Å². The number of thioether (sulfide) groups is 1. The van der Waals surface area contributed by atoms with E-state index in [0.717, 1.165) is 31.0 Å². The Labute approximate surface area is 142 Å². The lowest BCUT2D eigenvalue weighted by molar-refractivity contribution is -0.368. The molecule has 1 heterocycles. The van der Waals surface area contributed by atoms with E-state index in [-0.39, 0.29) is 12.4 Å². The van der Waals surface area contributed by atoms with Crippen LogP contribution >= 0.6 is 11.8 Å². The number of aromatic nitrogens is 2. The molecule has 0 spiro atoms. The van der Waals surface area contributed by atoms with Gasteiger partial charge in [-0.05, 0) is 44.2 Å². The molecule has 0 saturated carbocycles. The minimum atomic E-state index is 0. The average Bonchev–Trinajstić information content (AvgIpc) is 2.92. The third-order valence-corrected chi connectivity index (χ3v) is 4.31. The van der Waals surface area contributed by atoms with Crippen molar-refractivity contribution in [3.8, 4) is 0 Å². The van der Waals surface area contributed by atoms with Gasteiger partial charge in [-0.15, -0.1) is 10.2 Å². The van der Waals surface area contributed by atoms with Crippen molar-refractivity contribution in [2.75, 3.05) is 6.54 Å². The average molecular weight is 342 g/mol. The van der Waals surface area contributed by atoms with Gasteiger partial charge in [0, 0.05) is 12.2 Å². The van der Waals surface area contributed by atoms with Crippen molar-refractivity contribution in [3.05, 3.63) is 40.8 Å². The van der Waals surface area contributed by atoms with E-state index in [1.54, 1.807) is 11.8 Å². The summed E-state index contributed by atoms with van der Waals surface area (Å²) in [5, 5.41) is 8.90. The van der Waals surface area contributed by atoms with Crippen LogP contribution in [0.15, 0.2) is 27.8 Å². The fourth-order valence-electron chi connectivity index (χ4n) is 2.12. The first-order valence-corrected chi connectivity index (χ1v) is 8.48. The Morgan fingerprint density at radius 2 is 1.95 bits per heavy atom. The third-order valence-electron chi connectivity index (χ3n) is 3.44. The molecule has 0 aliphatic carbocycles. The predicted molar refractivity (Wildman–Crippen MR) is 85.1 cm³/mol. The van der Waals surface area contributed by atoms with Gasteiger partial charge >= 0.3 is 0 Å². The summed E-state index contributed by atoms with van der Waals surface area (Å²) in [6.45, 7) is 5.25.